The first-order valence-corrected chi connectivity index (χ1v) is 7.27. The van der Waals surface area contributed by atoms with Gasteiger partial charge in [-0.3, -0.25) is 0 Å². The van der Waals surface area contributed by atoms with Crippen LogP contribution in [0.3, 0.4) is 0 Å². The van der Waals surface area contributed by atoms with Gasteiger partial charge in [-0.1, -0.05) is 18.2 Å². The molecule has 0 aliphatic heterocycles. The van der Waals surface area contributed by atoms with Gasteiger partial charge in [-0.2, -0.15) is 0 Å². The highest BCUT2D eigenvalue weighted by atomic mass is 127. The average Bonchev–Trinajstić information content (AvgIpc) is 2.44. The third-order valence-corrected chi connectivity index (χ3v) is 3.46. The van der Waals surface area contributed by atoms with E-state index < -0.39 is 6.10 Å². The Morgan fingerprint density at radius 3 is 2.55 bits per heavy atom. The van der Waals surface area contributed by atoms with Gasteiger partial charge in [-0.15, -0.1) is 0 Å². The van der Waals surface area contributed by atoms with Gasteiger partial charge in [-0.05, 0) is 46.9 Å². The molecule has 0 fully saturated rings. The highest BCUT2D eigenvalue weighted by molar-refractivity contribution is 14.1. The quantitative estimate of drug-likeness (QED) is 0.593. The van der Waals surface area contributed by atoms with Crippen molar-refractivity contribution in [2.24, 2.45) is 0 Å². The van der Waals surface area contributed by atoms with Crippen molar-refractivity contribution in [1.29, 1.82) is 0 Å². The van der Waals surface area contributed by atoms with Gasteiger partial charge in [-0.25, -0.2) is 0 Å². The molecule has 5 heteroatoms. The third-order valence-electron chi connectivity index (χ3n) is 2.57. The molecule has 0 spiro atoms. The van der Waals surface area contributed by atoms with Crippen LogP contribution in [-0.2, 0) is 0 Å². The molecular formula is C15H16INO3. The molecule has 0 saturated heterocycles. The van der Waals surface area contributed by atoms with Crippen molar-refractivity contribution in [2.75, 3.05) is 18.9 Å². The summed E-state index contributed by atoms with van der Waals surface area (Å²) >= 11 is 2.19. The highest BCUT2D eigenvalue weighted by Crippen LogP contribution is 2.20. The number of ether oxygens (including phenoxy) is 2. The number of halogens is 1. The summed E-state index contributed by atoms with van der Waals surface area (Å²) in [6.45, 7) is 0.342. The number of hydrogen-bond acceptors (Lipinski definition) is 4. The molecule has 0 radical (unpaired) electrons. The van der Waals surface area contributed by atoms with Gasteiger partial charge in [0.15, 0.2) is 0 Å². The van der Waals surface area contributed by atoms with Crippen LogP contribution in [0.1, 0.15) is 0 Å². The summed E-state index contributed by atoms with van der Waals surface area (Å²) in [5, 5.41) is 9.85. The zero-order chi connectivity index (χ0) is 14.4. The van der Waals surface area contributed by atoms with E-state index in [9.17, 15) is 5.11 Å². The minimum atomic E-state index is -0.701. The fourth-order valence-electron chi connectivity index (χ4n) is 1.59. The first-order valence-electron chi connectivity index (χ1n) is 6.19. The number of aliphatic hydroxyl groups excluding tert-OH is 1. The first kappa shape index (κ1) is 14.9. The van der Waals surface area contributed by atoms with Crippen molar-refractivity contribution in [2.45, 2.75) is 6.10 Å². The fourth-order valence-corrected chi connectivity index (χ4v) is 2.14. The number of nitrogens with two attached hydrogens (primary N) is 1. The Hall–Kier alpha value is -1.47. The largest absolute Gasteiger partial charge is 0.491 e. The van der Waals surface area contributed by atoms with Crippen LogP contribution >= 0.6 is 22.6 Å². The number of para-hydroxylation sites is 1. The summed E-state index contributed by atoms with van der Waals surface area (Å²) in [4.78, 5) is 0. The van der Waals surface area contributed by atoms with Crippen molar-refractivity contribution >= 4 is 28.3 Å². The molecule has 2 rings (SSSR count). The van der Waals surface area contributed by atoms with Crippen molar-refractivity contribution in [3.63, 3.8) is 0 Å². The monoisotopic (exact) mass is 385 g/mol. The van der Waals surface area contributed by atoms with Crippen molar-refractivity contribution < 1.29 is 14.6 Å². The molecule has 2 aromatic rings. The lowest BCUT2D eigenvalue weighted by Gasteiger charge is -2.14. The Bertz CT molecular complexity index is 562. The van der Waals surface area contributed by atoms with Crippen LogP contribution in [0.2, 0.25) is 0 Å². The van der Waals surface area contributed by atoms with Gasteiger partial charge in [0.25, 0.3) is 0 Å². The zero-order valence-corrected chi connectivity index (χ0v) is 13.0. The van der Waals surface area contributed by atoms with Crippen LogP contribution < -0.4 is 15.2 Å². The number of hydrogen-bond donors (Lipinski definition) is 2. The summed E-state index contributed by atoms with van der Waals surface area (Å²) in [6, 6.07) is 14.8. The Kier molecular flexibility index (Phi) is 5.49. The molecule has 0 aliphatic rings. The molecule has 4 nitrogen and oxygen atoms in total. The lowest BCUT2D eigenvalue weighted by Crippen LogP contribution is -2.25. The minimum Gasteiger partial charge on any atom is -0.491 e. The fraction of sp³-hybridized carbons (Fsp3) is 0.200. The Labute approximate surface area is 131 Å². The van der Waals surface area contributed by atoms with E-state index in [0.717, 1.165) is 9.32 Å². The maximum absolute atomic E-state index is 9.85. The number of aliphatic hydroxyl groups is 1. The summed E-state index contributed by atoms with van der Waals surface area (Å²) in [7, 11) is 0. The normalized spacial score (nSPS) is 11.9. The van der Waals surface area contributed by atoms with Crippen molar-refractivity contribution in [3.8, 4) is 11.5 Å². The predicted molar refractivity (Wildman–Crippen MR) is 87.0 cm³/mol. The summed E-state index contributed by atoms with van der Waals surface area (Å²) < 4.78 is 12.0. The molecule has 0 amide bonds. The van der Waals surface area contributed by atoms with E-state index in [4.69, 9.17) is 15.2 Å². The van der Waals surface area contributed by atoms with Crippen LogP contribution in [0.15, 0.2) is 48.5 Å². The lowest BCUT2D eigenvalue weighted by molar-refractivity contribution is 0.0624. The summed E-state index contributed by atoms with van der Waals surface area (Å²) in [5.74, 6) is 1.40. The molecular weight excluding hydrogens is 369 g/mol. The average molecular weight is 385 g/mol. The second kappa shape index (κ2) is 7.35. The zero-order valence-electron chi connectivity index (χ0n) is 10.8. The Balaban J connectivity index is 1.78. The first-order chi connectivity index (χ1) is 9.65. The minimum absolute atomic E-state index is 0.160. The summed E-state index contributed by atoms with van der Waals surface area (Å²) in [6.07, 6.45) is -0.701. The molecule has 3 N–H and O–H groups in total. The smallest absolute Gasteiger partial charge is 0.132 e. The van der Waals surface area contributed by atoms with E-state index in [-0.39, 0.29) is 13.2 Å². The van der Waals surface area contributed by atoms with Gasteiger partial charge < -0.3 is 20.3 Å². The number of benzene rings is 2. The maximum Gasteiger partial charge on any atom is 0.132 e. The second-order valence-corrected chi connectivity index (χ2v) is 5.44. The molecule has 0 heterocycles. The van der Waals surface area contributed by atoms with Gasteiger partial charge in [0.1, 0.15) is 30.8 Å². The van der Waals surface area contributed by atoms with E-state index in [2.05, 4.69) is 22.6 Å². The molecule has 0 aromatic heterocycles. The van der Waals surface area contributed by atoms with Crippen LogP contribution in [0.25, 0.3) is 0 Å². The molecule has 0 bridgehead atoms. The van der Waals surface area contributed by atoms with E-state index in [1.54, 1.807) is 24.3 Å². The molecule has 1 atom stereocenters. The van der Waals surface area contributed by atoms with Crippen molar-refractivity contribution in [1.82, 2.24) is 0 Å². The van der Waals surface area contributed by atoms with E-state index in [1.807, 2.05) is 24.3 Å². The lowest BCUT2D eigenvalue weighted by atomic mass is 10.3. The molecule has 20 heavy (non-hydrogen) atoms. The number of anilines is 1. The molecule has 0 aliphatic carbocycles. The van der Waals surface area contributed by atoms with Gasteiger partial charge in [0.05, 0.1) is 3.57 Å². The van der Waals surface area contributed by atoms with Crippen LogP contribution in [-0.4, -0.2) is 24.4 Å². The van der Waals surface area contributed by atoms with Gasteiger partial charge in [0.2, 0.25) is 0 Å². The number of rotatable bonds is 6. The van der Waals surface area contributed by atoms with Crippen LogP contribution in [0.5, 0.6) is 11.5 Å². The molecule has 1 unspecified atom stereocenters. The standard InChI is InChI=1S/C15H16INO3/c16-14-6-1-2-7-15(14)20-10-12(18)9-19-13-5-3-4-11(17)8-13/h1-8,12,18H,9-10,17H2. The number of nitrogen functional groups attached to an aromatic ring is 1. The van der Waals surface area contributed by atoms with E-state index in [0.29, 0.717) is 11.4 Å². The second-order valence-electron chi connectivity index (χ2n) is 4.28. The van der Waals surface area contributed by atoms with Crippen LogP contribution in [0.4, 0.5) is 5.69 Å². The summed E-state index contributed by atoms with van der Waals surface area (Å²) in [5.41, 5.74) is 6.28. The van der Waals surface area contributed by atoms with Crippen molar-refractivity contribution in [3.05, 3.63) is 52.1 Å². The Morgan fingerprint density at radius 2 is 1.80 bits per heavy atom. The van der Waals surface area contributed by atoms with Gasteiger partial charge in [0, 0.05) is 11.8 Å². The van der Waals surface area contributed by atoms with E-state index >= 15 is 0 Å². The molecule has 0 saturated carbocycles. The van der Waals surface area contributed by atoms with E-state index in [1.165, 1.54) is 0 Å². The molecule has 2 aromatic carbocycles. The Morgan fingerprint density at radius 1 is 1.05 bits per heavy atom. The molecule has 106 valence electrons. The topological polar surface area (TPSA) is 64.7 Å². The third kappa shape index (κ3) is 4.57. The predicted octanol–water partition coefficient (Wildman–Crippen LogP) is 2.69. The van der Waals surface area contributed by atoms with Crippen LogP contribution in [0, 0.1) is 3.57 Å². The SMILES string of the molecule is Nc1cccc(OCC(O)COc2ccccc2I)c1. The van der Waals surface area contributed by atoms with Gasteiger partial charge >= 0.3 is 0 Å². The highest BCUT2D eigenvalue weighted by Gasteiger charge is 2.08. The maximum atomic E-state index is 9.85.